The molecule has 4 heteroatoms. The summed E-state index contributed by atoms with van der Waals surface area (Å²) in [6, 6.07) is 7.76. The van der Waals surface area contributed by atoms with E-state index in [2.05, 4.69) is 32.8 Å². The van der Waals surface area contributed by atoms with Crippen LogP contribution in [0.3, 0.4) is 0 Å². The van der Waals surface area contributed by atoms with Crippen LogP contribution in [0, 0.1) is 0 Å². The molecular formula is C12H9BrCl2S. The number of alkyl halides is 1. The molecule has 1 heterocycles. The van der Waals surface area contributed by atoms with Gasteiger partial charge in [-0.2, -0.15) is 11.3 Å². The zero-order valence-corrected chi connectivity index (χ0v) is 12.2. The molecule has 0 nitrogen and oxygen atoms in total. The minimum Gasteiger partial charge on any atom is -0.152 e. The number of rotatable bonds is 3. The van der Waals surface area contributed by atoms with Crippen LogP contribution in [0.15, 0.2) is 35.0 Å². The van der Waals surface area contributed by atoms with Crippen molar-refractivity contribution >= 4 is 50.5 Å². The largest absolute Gasteiger partial charge is 0.152 e. The zero-order valence-electron chi connectivity index (χ0n) is 8.29. The number of benzene rings is 1. The van der Waals surface area contributed by atoms with Gasteiger partial charge in [-0.15, -0.1) is 0 Å². The fourth-order valence-electron chi connectivity index (χ4n) is 1.49. The van der Waals surface area contributed by atoms with Gasteiger partial charge in [-0.1, -0.05) is 39.1 Å². The molecule has 1 aromatic heterocycles. The van der Waals surface area contributed by atoms with Crippen LogP contribution in [0.1, 0.15) is 16.0 Å². The Morgan fingerprint density at radius 3 is 2.44 bits per heavy atom. The first-order valence-electron chi connectivity index (χ1n) is 4.76. The Balaban J connectivity index is 2.17. The first-order chi connectivity index (χ1) is 7.65. The second kappa shape index (κ2) is 5.54. The van der Waals surface area contributed by atoms with Crippen LogP contribution in [-0.2, 0) is 6.42 Å². The molecule has 0 N–H and O–H groups in total. The summed E-state index contributed by atoms with van der Waals surface area (Å²) in [5.74, 6) is 0. The highest BCUT2D eigenvalue weighted by molar-refractivity contribution is 9.09. The Morgan fingerprint density at radius 1 is 1.19 bits per heavy atom. The normalized spacial score (nSPS) is 12.7. The van der Waals surface area contributed by atoms with Gasteiger partial charge >= 0.3 is 0 Å². The Kier molecular flexibility index (Phi) is 4.31. The summed E-state index contributed by atoms with van der Waals surface area (Å²) in [6.45, 7) is 0. The second-order valence-corrected chi connectivity index (χ2v) is 6.26. The SMILES string of the molecule is Clc1cc(Cl)cc(C(Br)Cc2ccsc2)c1. The summed E-state index contributed by atoms with van der Waals surface area (Å²) in [4.78, 5) is 0.248. The second-order valence-electron chi connectivity index (χ2n) is 3.51. The summed E-state index contributed by atoms with van der Waals surface area (Å²) in [5.41, 5.74) is 2.44. The highest BCUT2D eigenvalue weighted by Crippen LogP contribution is 2.31. The lowest BCUT2D eigenvalue weighted by molar-refractivity contribution is 0.954. The minimum absolute atomic E-state index is 0.248. The molecule has 0 amide bonds. The molecule has 2 aromatic rings. The molecule has 0 fully saturated rings. The van der Waals surface area contributed by atoms with E-state index in [1.165, 1.54) is 5.56 Å². The zero-order chi connectivity index (χ0) is 11.5. The van der Waals surface area contributed by atoms with Crippen molar-refractivity contribution in [2.75, 3.05) is 0 Å². The van der Waals surface area contributed by atoms with Gasteiger partial charge in [-0.05, 0) is 52.6 Å². The Morgan fingerprint density at radius 2 is 1.88 bits per heavy atom. The fourth-order valence-corrected chi connectivity index (χ4v) is 3.35. The van der Waals surface area contributed by atoms with Crippen molar-refractivity contribution in [1.29, 1.82) is 0 Å². The van der Waals surface area contributed by atoms with Crippen LogP contribution < -0.4 is 0 Å². The monoisotopic (exact) mass is 334 g/mol. The number of hydrogen-bond donors (Lipinski definition) is 0. The lowest BCUT2D eigenvalue weighted by atomic mass is 10.1. The Hall–Kier alpha value is -0.0200. The minimum atomic E-state index is 0.248. The van der Waals surface area contributed by atoms with Crippen LogP contribution in [0.2, 0.25) is 10.0 Å². The van der Waals surface area contributed by atoms with E-state index in [1.54, 1.807) is 17.4 Å². The van der Waals surface area contributed by atoms with E-state index in [0.29, 0.717) is 10.0 Å². The highest BCUT2D eigenvalue weighted by atomic mass is 79.9. The maximum Gasteiger partial charge on any atom is 0.0436 e. The standard InChI is InChI=1S/C12H9BrCl2S/c13-12(3-8-1-2-16-7-8)9-4-10(14)6-11(15)5-9/h1-2,4-7,12H,3H2. The lowest BCUT2D eigenvalue weighted by Gasteiger charge is -2.10. The first kappa shape index (κ1) is 12.4. The van der Waals surface area contributed by atoms with Crippen molar-refractivity contribution in [3.05, 3.63) is 56.2 Å². The number of hydrogen-bond acceptors (Lipinski definition) is 1. The predicted molar refractivity (Wildman–Crippen MR) is 76.2 cm³/mol. The van der Waals surface area contributed by atoms with E-state index >= 15 is 0 Å². The van der Waals surface area contributed by atoms with Crippen molar-refractivity contribution in [2.45, 2.75) is 11.2 Å². The van der Waals surface area contributed by atoms with Crippen molar-refractivity contribution in [1.82, 2.24) is 0 Å². The van der Waals surface area contributed by atoms with Crippen molar-refractivity contribution < 1.29 is 0 Å². The third-order valence-electron chi connectivity index (χ3n) is 2.24. The fraction of sp³-hybridized carbons (Fsp3) is 0.167. The molecular weight excluding hydrogens is 327 g/mol. The molecule has 0 bridgehead atoms. The molecule has 0 saturated heterocycles. The molecule has 0 radical (unpaired) electrons. The van der Waals surface area contributed by atoms with Crippen molar-refractivity contribution in [2.24, 2.45) is 0 Å². The van der Waals surface area contributed by atoms with Gasteiger partial charge in [0.05, 0.1) is 0 Å². The summed E-state index contributed by atoms with van der Waals surface area (Å²) in [7, 11) is 0. The molecule has 0 spiro atoms. The maximum absolute atomic E-state index is 5.97. The summed E-state index contributed by atoms with van der Waals surface area (Å²) in [5, 5.41) is 5.59. The molecule has 16 heavy (non-hydrogen) atoms. The summed E-state index contributed by atoms with van der Waals surface area (Å²) in [6.07, 6.45) is 0.945. The van der Waals surface area contributed by atoms with Gasteiger partial charge in [0.15, 0.2) is 0 Å². The molecule has 2 rings (SSSR count). The van der Waals surface area contributed by atoms with Crippen molar-refractivity contribution in [3.8, 4) is 0 Å². The molecule has 1 aromatic carbocycles. The van der Waals surface area contributed by atoms with Gasteiger partial charge in [0, 0.05) is 14.9 Å². The highest BCUT2D eigenvalue weighted by Gasteiger charge is 2.10. The molecule has 0 aliphatic rings. The molecule has 1 unspecified atom stereocenters. The first-order valence-corrected chi connectivity index (χ1v) is 7.38. The Labute approximate surface area is 117 Å². The number of thiophene rings is 1. The maximum atomic E-state index is 5.97. The van der Waals surface area contributed by atoms with Crippen LogP contribution >= 0.6 is 50.5 Å². The average Bonchev–Trinajstić information content (AvgIpc) is 2.68. The van der Waals surface area contributed by atoms with Gasteiger partial charge in [0.2, 0.25) is 0 Å². The van der Waals surface area contributed by atoms with Gasteiger partial charge in [-0.3, -0.25) is 0 Å². The van der Waals surface area contributed by atoms with E-state index < -0.39 is 0 Å². The van der Waals surface area contributed by atoms with E-state index in [0.717, 1.165) is 12.0 Å². The summed E-state index contributed by atoms with van der Waals surface area (Å²) < 4.78 is 0. The lowest BCUT2D eigenvalue weighted by Crippen LogP contribution is -1.94. The van der Waals surface area contributed by atoms with Gasteiger partial charge < -0.3 is 0 Å². The van der Waals surface area contributed by atoms with E-state index in [-0.39, 0.29) is 4.83 Å². The summed E-state index contributed by atoms with van der Waals surface area (Å²) >= 11 is 17.3. The van der Waals surface area contributed by atoms with Crippen LogP contribution in [0.25, 0.3) is 0 Å². The van der Waals surface area contributed by atoms with Crippen LogP contribution in [0.5, 0.6) is 0 Å². The molecule has 0 aliphatic carbocycles. The molecule has 1 atom stereocenters. The quantitative estimate of drug-likeness (QED) is 0.628. The average molecular weight is 336 g/mol. The van der Waals surface area contributed by atoms with Gasteiger partial charge in [0.1, 0.15) is 0 Å². The van der Waals surface area contributed by atoms with E-state index in [4.69, 9.17) is 23.2 Å². The van der Waals surface area contributed by atoms with Crippen LogP contribution in [-0.4, -0.2) is 0 Å². The molecule has 0 aliphatic heterocycles. The Bertz CT molecular complexity index is 448. The predicted octanol–water partition coefficient (Wildman–Crippen LogP) is 5.73. The van der Waals surface area contributed by atoms with Crippen molar-refractivity contribution in [3.63, 3.8) is 0 Å². The molecule has 84 valence electrons. The molecule has 0 saturated carbocycles. The third kappa shape index (κ3) is 3.24. The van der Waals surface area contributed by atoms with Gasteiger partial charge in [0.25, 0.3) is 0 Å². The van der Waals surface area contributed by atoms with Gasteiger partial charge in [-0.25, -0.2) is 0 Å². The smallest absolute Gasteiger partial charge is 0.0436 e. The topological polar surface area (TPSA) is 0 Å². The number of halogens is 3. The third-order valence-corrected chi connectivity index (χ3v) is 4.26. The van der Waals surface area contributed by atoms with E-state index in [1.807, 2.05) is 12.1 Å². The van der Waals surface area contributed by atoms with E-state index in [9.17, 15) is 0 Å². The van der Waals surface area contributed by atoms with Crippen LogP contribution in [0.4, 0.5) is 0 Å².